The first-order valence-corrected chi connectivity index (χ1v) is 3.26. The zero-order valence-corrected chi connectivity index (χ0v) is 5.64. The highest BCUT2D eigenvalue weighted by Gasteiger charge is 2.23. The highest BCUT2D eigenvalue weighted by atomic mass is 32.2. The number of thioether (sulfide) groups is 1. The van der Waals surface area contributed by atoms with Crippen molar-refractivity contribution in [1.82, 2.24) is 0 Å². The molecule has 0 aromatic carbocycles. The first-order chi connectivity index (χ1) is 4.24. The molecule has 0 saturated heterocycles. The number of rotatable bonds is 1. The summed E-state index contributed by atoms with van der Waals surface area (Å²) in [5.74, 6) is 0.338. The largest absolute Gasteiger partial charge is 0.497 e. The second-order valence-corrected chi connectivity index (χ2v) is 2.62. The molecule has 0 spiro atoms. The van der Waals surface area contributed by atoms with E-state index in [9.17, 15) is 4.79 Å². The number of hydrogen-bond donors (Lipinski definition) is 1. The average Bonchev–Trinajstić information content (AvgIpc) is 2.10. The molecular formula is C5H6O3S. The van der Waals surface area contributed by atoms with Crippen LogP contribution in [0.4, 0.5) is 0 Å². The summed E-state index contributed by atoms with van der Waals surface area (Å²) in [5, 5.41) is 8.75. The van der Waals surface area contributed by atoms with Crippen LogP contribution in [0.5, 0.6) is 0 Å². The summed E-state index contributed by atoms with van der Waals surface area (Å²) in [6.07, 6.45) is 1.29. The van der Waals surface area contributed by atoms with Crippen LogP contribution in [0.25, 0.3) is 0 Å². The fourth-order valence-electron chi connectivity index (χ4n) is 0.549. The van der Waals surface area contributed by atoms with Gasteiger partial charge in [-0.3, -0.25) is 4.79 Å². The van der Waals surface area contributed by atoms with Crippen LogP contribution in [0, 0.1) is 0 Å². The summed E-state index contributed by atoms with van der Waals surface area (Å²) in [4.78, 5) is 10.5. The monoisotopic (exact) mass is 146 g/mol. The summed E-state index contributed by atoms with van der Waals surface area (Å²) >= 11 is 0.852. The van der Waals surface area contributed by atoms with Crippen LogP contribution in [0.3, 0.4) is 0 Å². The predicted molar refractivity (Wildman–Crippen MR) is 33.7 cm³/mol. The molecule has 0 aromatic rings. The Morgan fingerprint density at radius 2 is 2.56 bits per heavy atom. The van der Waals surface area contributed by atoms with E-state index in [-0.39, 0.29) is 5.12 Å². The van der Waals surface area contributed by atoms with Gasteiger partial charge in [-0.1, -0.05) is 0 Å². The summed E-state index contributed by atoms with van der Waals surface area (Å²) < 4.78 is 4.66. The lowest BCUT2D eigenvalue weighted by Crippen LogP contribution is -2.01. The lowest BCUT2D eigenvalue weighted by molar-refractivity contribution is -0.107. The number of methoxy groups -OCH3 is 1. The predicted octanol–water partition coefficient (Wildman–Crippen LogP) is 0.108. The summed E-state index contributed by atoms with van der Waals surface area (Å²) in [6, 6.07) is 0. The van der Waals surface area contributed by atoms with E-state index >= 15 is 0 Å². The zero-order valence-electron chi connectivity index (χ0n) is 4.83. The molecule has 0 saturated carbocycles. The quantitative estimate of drug-likeness (QED) is 0.570. The second-order valence-electron chi connectivity index (χ2n) is 1.54. The lowest BCUT2D eigenvalue weighted by atomic mass is 10.5. The Morgan fingerprint density at radius 3 is 2.78 bits per heavy atom. The molecule has 50 valence electrons. The third kappa shape index (κ3) is 1.25. The van der Waals surface area contributed by atoms with E-state index in [1.165, 1.54) is 13.2 Å². The highest BCUT2D eigenvalue weighted by Crippen LogP contribution is 2.25. The van der Waals surface area contributed by atoms with Crippen molar-refractivity contribution >= 4 is 16.9 Å². The number of hydrogen-bond acceptors (Lipinski definition) is 4. The molecule has 0 bridgehead atoms. The molecule has 1 atom stereocenters. The van der Waals surface area contributed by atoms with Crippen LogP contribution in [0.1, 0.15) is 0 Å². The SMILES string of the molecule is COC1=CC(=O)SC1O. The smallest absolute Gasteiger partial charge is 0.218 e. The van der Waals surface area contributed by atoms with Crippen LogP contribution < -0.4 is 0 Å². The summed E-state index contributed by atoms with van der Waals surface area (Å²) in [7, 11) is 1.42. The average molecular weight is 146 g/mol. The highest BCUT2D eigenvalue weighted by molar-refractivity contribution is 8.14. The van der Waals surface area contributed by atoms with Gasteiger partial charge in [0.2, 0.25) is 5.12 Å². The van der Waals surface area contributed by atoms with Gasteiger partial charge in [0.1, 0.15) is 5.76 Å². The molecule has 9 heavy (non-hydrogen) atoms. The van der Waals surface area contributed by atoms with Gasteiger partial charge >= 0.3 is 0 Å². The molecular weight excluding hydrogens is 140 g/mol. The van der Waals surface area contributed by atoms with E-state index in [4.69, 9.17) is 5.11 Å². The topological polar surface area (TPSA) is 46.5 Å². The molecule has 0 aliphatic carbocycles. The molecule has 1 N–H and O–H groups in total. The molecule has 1 aliphatic heterocycles. The maximum atomic E-state index is 10.5. The molecule has 0 fully saturated rings. The Labute approximate surface area is 56.7 Å². The van der Waals surface area contributed by atoms with Gasteiger partial charge in [0, 0.05) is 6.08 Å². The van der Waals surface area contributed by atoms with Crippen LogP contribution in [0.2, 0.25) is 0 Å². The molecule has 0 radical (unpaired) electrons. The molecule has 1 unspecified atom stereocenters. The van der Waals surface area contributed by atoms with Gasteiger partial charge in [-0.15, -0.1) is 0 Å². The molecule has 1 rings (SSSR count). The molecule has 4 heteroatoms. The van der Waals surface area contributed by atoms with Gasteiger partial charge in [0.05, 0.1) is 7.11 Å². The van der Waals surface area contributed by atoms with Crippen LogP contribution in [0.15, 0.2) is 11.8 Å². The number of aliphatic hydroxyl groups excluding tert-OH is 1. The second kappa shape index (κ2) is 2.41. The van der Waals surface area contributed by atoms with Crippen molar-refractivity contribution in [3.05, 3.63) is 11.8 Å². The van der Waals surface area contributed by atoms with Crippen molar-refractivity contribution in [2.24, 2.45) is 0 Å². The first kappa shape index (κ1) is 6.64. The molecule has 0 aromatic heterocycles. The normalized spacial score (nSPS) is 26.2. The fourth-order valence-corrected chi connectivity index (χ4v) is 1.23. The van der Waals surface area contributed by atoms with Crippen LogP contribution >= 0.6 is 11.8 Å². The van der Waals surface area contributed by atoms with Gasteiger partial charge < -0.3 is 9.84 Å². The van der Waals surface area contributed by atoms with Gasteiger partial charge in [0.25, 0.3) is 0 Å². The van der Waals surface area contributed by atoms with E-state index in [1.54, 1.807) is 0 Å². The zero-order chi connectivity index (χ0) is 6.85. The fraction of sp³-hybridized carbons (Fsp3) is 0.400. The van der Waals surface area contributed by atoms with E-state index < -0.39 is 5.44 Å². The minimum absolute atomic E-state index is 0.153. The number of carbonyl (C=O) groups is 1. The Hall–Kier alpha value is -0.480. The minimum Gasteiger partial charge on any atom is -0.497 e. The first-order valence-electron chi connectivity index (χ1n) is 2.38. The molecule has 1 aliphatic rings. The van der Waals surface area contributed by atoms with Gasteiger partial charge in [-0.05, 0) is 11.8 Å². The van der Waals surface area contributed by atoms with Gasteiger partial charge in [-0.25, -0.2) is 0 Å². The van der Waals surface area contributed by atoms with E-state index in [1.807, 2.05) is 0 Å². The van der Waals surface area contributed by atoms with Crippen molar-refractivity contribution < 1.29 is 14.6 Å². The maximum Gasteiger partial charge on any atom is 0.218 e. The summed E-state index contributed by atoms with van der Waals surface area (Å²) in [5.41, 5.74) is -0.789. The van der Waals surface area contributed by atoms with E-state index in [0.717, 1.165) is 11.8 Å². The molecule has 1 heterocycles. The van der Waals surface area contributed by atoms with E-state index in [0.29, 0.717) is 5.76 Å². The van der Waals surface area contributed by atoms with Gasteiger partial charge in [-0.2, -0.15) is 0 Å². The molecule has 3 nitrogen and oxygen atoms in total. The van der Waals surface area contributed by atoms with Crippen LogP contribution in [-0.2, 0) is 9.53 Å². The van der Waals surface area contributed by atoms with Crippen molar-refractivity contribution in [2.45, 2.75) is 5.44 Å². The Morgan fingerprint density at radius 1 is 1.89 bits per heavy atom. The lowest BCUT2D eigenvalue weighted by Gasteiger charge is -2.02. The third-order valence-corrected chi connectivity index (χ3v) is 1.77. The standard InChI is InChI=1S/C5H6O3S/c1-8-3-2-4(6)9-5(3)7/h2,5,7H,1H3. The van der Waals surface area contributed by atoms with Crippen molar-refractivity contribution in [1.29, 1.82) is 0 Å². The van der Waals surface area contributed by atoms with Crippen molar-refractivity contribution in [3.8, 4) is 0 Å². The third-order valence-electron chi connectivity index (χ3n) is 0.967. The van der Waals surface area contributed by atoms with Crippen LogP contribution in [-0.4, -0.2) is 22.8 Å². The molecule has 0 amide bonds. The number of aliphatic hydroxyl groups is 1. The number of ether oxygens (including phenoxy) is 1. The minimum atomic E-state index is -0.789. The Balaban J connectivity index is 2.68. The number of carbonyl (C=O) groups excluding carboxylic acids is 1. The van der Waals surface area contributed by atoms with Crippen molar-refractivity contribution in [3.63, 3.8) is 0 Å². The summed E-state index contributed by atoms with van der Waals surface area (Å²) in [6.45, 7) is 0. The van der Waals surface area contributed by atoms with E-state index in [2.05, 4.69) is 4.74 Å². The Bertz CT molecular complexity index is 164. The van der Waals surface area contributed by atoms with Gasteiger partial charge in [0.15, 0.2) is 5.44 Å². The van der Waals surface area contributed by atoms with Crippen molar-refractivity contribution in [2.75, 3.05) is 7.11 Å². The Kier molecular flexibility index (Phi) is 1.78. The maximum absolute atomic E-state index is 10.5.